The lowest BCUT2D eigenvalue weighted by molar-refractivity contribution is -0.134. The van der Waals surface area contributed by atoms with Crippen LogP contribution in [-0.2, 0) is 17.8 Å². The third-order valence-corrected chi connectivity index (χ3v) is 5.30. The summed E-state index contributed by atoms with van der Waals surface area (Å²) in [7, 11) is 1.95. The van der Waals surface area contributed by atoms with Crippen LogP contribution in [0.1, 0.15) is 30.4 Å². The number of benzene rings is 1. The summed E-state index contributed by atoms with van der Waals surface area (Å²) < 4.78 is 26.4. The predicted molar refractivity (Wildman–Crippen MR) is 105 cm³/mol. The molecule has 1 aliphatic rings. The van der Waals surface area contributed by atoms with E-state index in [2.05, 4.69) is 4.98 Å². The Morgan fingerprint density at radius 2 is 1.96 bits per heavy atom. The number of likely N-dealkylation sites (tertiary alicyclic amines) is 1. The maximum atomic E-state index is 13.4. The van der Waals surface area contributed by atoms with Gasteiger partial charge in [-0.2, -0.15) is 0 Å². The Balaban J connectivity index is 1.46. The van der Waals surface area contributed by atoms with Crippen LogP contribution in [0.4, 0.5) is 8.78 Å². The largest absolute Gasteiger partial charge is 0.341 e. The third-order valence-electron chi connectivity index (χ3n) is 5.30. The van der Waals surface area contributed by atoms with Crippen molar-refractivity contribution < 1.29 is 13.6 Å². The van der Waals surface area contributed by atoms with Gasteiger partial charge in [0.05, 0.1) is 6.54 Å². The van der Waals surface area contributed by atoms with Crippen molar-refractivity contribution in [1.82, 2.24) is 14.8 Å². The molecule has 2 heterocycles. The SMILES string of the molecule is CN(CC(=O)N1CCCC(CCc2ccc(F)c(F)c2)C1)Cc1ccncc1. The lowest BCUT2D eigenvalue weighted by atomic mass is 9.91. The van der Waals surface area contributed by atoms with E-state index in [1.165, 1.54) is 12.1 Å². The quantitative estimate of drug-likeness (QED) is 0.727. The molecule has 0 spiro atoms. The van der Waals surface area contributed by atoms with E-state index in [1.54, 1.807) is 18.5 Å². The van der Waals surface area contributed by atoms with Crippen LogP contribution in [0, 0.1) is 17.6 Å². The molecular formula is C22H27F2N3O. The fourth-order valence-corrected chi connectivity index (χ4v) is 3.78. The summed E-state index contributed by atoms with van der Waals surface area (Å²) in [5.41, 5.74) is 1.94. The van der Waals surface area contributed by atoms with Crippen LogP contribution in [0.3, 0.4) is 0 Å². The fourth-order valence-electron chi connectivity index (χ4n) is 3.78. The molecule has 150 valence electrons. The van der Waals surface area contributed by atoms with E-state index in [4.69, 9.17) is 0 Å². The average molecular weight is 387 g/mol. The van der Waals surface area contributed by atoms with Crippen LogP contribution in [0.15, 0.2) is 42.7 Å². The number of nitrogens with zero attached hydrogens (tertiary/aromatic N) is 3. The predicted octanol–water partition coefficient (Wildman–Crippen LogP) is 3.66. The number of piperidine rings is 1. The van der Waals surface area contributed by atoms with Crippen molar-refractivity contribution >= 4 is 5.91 Å². The van der Waals surface area contributed by atoms with E-state index >= 15 is 0 Å². The zero-order valence-electron chi connectivity index (χ0n) is 16.3. The van der Waals surface area contributed by atoms with Crippen LogP contribution in [0.25, 0.3) is 0 Å². The summed E-state index contributed by atoms with van der Waals surface area (Å²) in [5, 5.41) is 0. The van der Waals surface area contributed by atoms with E-state index in [0.29, 0.717) is 25.4 Å². The molecule has 28 heavy (non-hydrogen) atoms. The van der Waals surface area contributed by atoms with E-state index in [0.717, 1.165) is 43.5 Å². The summed E-state index contributed by atoms with van der Waals surface area (Å²) in [5.74, 6) is -1.06. The standard InChI is InChI=1S/C22H27F2N3O/c1-26(14-19-8-10-25-11-9-19)16-22(28)27-12-2-3-18(15-27)5-4-17-6-7-20(23)21(24)13-17/h6-11,13,18H,2-5,12,14-16H2,1H3. The van der Waals surface area contributed by atoms with Crippen molar-refractivity contribution in [3.63, 3.8) is 0 Å². The van der Waals surface area contributed by atoms with Crippen molar-refractivity contribution in [2.75, 3.05) is 26.7 Å². The van der Waals surface area contributed by atoms with Crippen LogP contribution >= 0.6 is 0 Å². The topological polar surface area (TPSA) is 36.4 Å². The molecule has 3 rings (SSSR count). The highest BCUT2D eigenvalue weighted by molar-refractivity contribution is 5.78. The molecule has 4 nitrogen and oxygen atoms in total. The molecule has 1 saturated heterocycles. The second-order valence-electron chi connectivity index (χ2n) is 7.66. The number of halogens is 2. The Hall–Kier alpha value is -2.34. The Bertz CT molecular complexity index is 785. The number of carbonyl (C=O) groups is 1. The molecule has 0 N–H and O–H groups in total. The Morgan fingerprint density at radius 3 is 2.71 bits per heavy atom. The van der Waals surface area contributed by atoms with Gasteiger partial charge >= 0.3 is 0 Å². The summed E-state index contributed by atoms with van der Waals surface area (Å²) in [6, 6.07) is 8.00. The van der Waals surface area contributed by atoms with Gasteiger partial charge in [-0.1, -0.05) is 6.07 Å². The maximum absolute atomic E-state index is 13.4. The van der Waals surface area contributed by atoms with E-state index in [1.807, 2.05) is 29.0 Å². The Labute approximate surface area is 165 Å². The molecule has 1 fully saturated rings. The molecular weight excluding hydrogens is 360 g/mol. The zero-order chi connectivity index (χ0) is 19.9. The second-order valence-corrected chi connectivity index (χ2v) is 7.66. The van der Waals surface area contributed by atoms with Crippen molar-refractivity contribution in [2.45, 2.75) is 32.2 Å². The molecule has 6 heteroatoms. The number of rotatable bonds is 7. The van der Waals surface area contributed by atoms with Gasteiger partial charge in [-0.05, 0) is 74.0 Å². The number of hydrogen-bond donors (Lipinski definition) is 0. The van der Waals surface area contributed by atoms with Crippen LogP contribution in [0.2, 0.25) is 0 Å². The number of aryl methyl sites for hydroxylation is 1. The first-order valence-corrected chi connectivity index (χ1v) is 9.80. The number of pyridine rings is 1. The third kappa shape index (κ3) is 5.83. The van der Waals surface area contributed by atoms with Crippen molar-refractivity contribution in [2.24, 2.45) is 5.92 Å². The Morgan fingerprint density at radius 1 is 1.18 bits per heavy atom. The summed E-state index contributed by atoms with van der Waals surface area (Å²) in [6.45, 7) is 2.63. The highest BCUT2D eigenvalue weighted by Crippen LogP contribution is 2.22. The molecule has 0 radical (unpaired) electrons. The molecule has 1 amide bonds. The molecule has 0 bridgehead atoms. The summed E-state index contributed by atoms with van der Waals surface area (Å²) in [6.07, 6.45) is 7.15. The molecule has 1 aliphatic heterocycles. The van der Waals surface area contributed by atoms with Gasteiger partial charge in [0.15, 0.2) is 11.6 Å². The smallest absolute Gasteiger partial charge is 0.236 e. The summed E-state index contributed by atoms with van der Waals surface area (Å²) >= 11 is 0. The van der Waals surface area contributed by atoms with Gasteiger partial charge in [0.25, 0.3) is 0 Å². The molecule has 0 saturated carbocycles. The van der Waals surface area contributed by atoms with Gasteiger partial charge in [-0.25, -0.2) is 8.78 Å². The normalized spacial score (nSPS) is 17.1. The molecule has 2 aromatic rings. The van der Waals surface area contributed by atoms with E-state index < -0.39 is 11.6 Å². The second kappa shape index (κ2) is 9.73. The number of likely N-dealkylation sites (N-methyl/N-ethyl adjacent to an activating group) is 1. The number of aromatic nitrogens is 1. The van der Waals surface area contributed by atoms with Crippen LogP contribution in [0.5, 0.6) is 0 Å². The van der Waals surface area contributed by atoms with Crippen molar-refractivity contribution in [1.29, 1.82) is 0 Å². The fraction of sp³-hybridized carbons (Fsp3) is 0.455. The van der Waals surface area contributed by atoms with E-state index in [-0.39, 0.29) is 5.91 Å². The highest BCUT2D eigenvalue weighted by atomic mass is 19.2. The lowest BCUT2D eigenvalue weighted by Crippen LogP contribution is -2.44. The van der Waals surface area contributed by atoms with Gasteiger partial charge in [0.1, 0.15) is 0 Å². The van der Waals surface area contributed by atoms with Gasteiger partial charge in [-0.3, -0.25) is 14.7 Å². The van der Waals surface area contributed by atoms with Crippen LogP contribution in [-0.4, -0.2) is 47.4 Å². The van der Waals surface area contributed by atoms with Crippen LogP contribution < -0.4 is 0 Å². The minimum Gasteiger partial charge on any atom is -0.341 e. The minimum atomic E-state index is -0.811. The first-order valence-electron chi connectivity index (χ1n) is 9.80. The first-order chi connectivity index (χ1) is 13.5. The van der Waals surface area contributed by atoms with Gasteiger partial charge in [0.2, 0.25) is 5.91 Å². The summed E-state index contributed by atoms with van der Waals surface area (Å²) in [4.78, 5) is 20.7. The van der Waals surface area contributed by atoms with E-state index in [9.17, 15) is 13.6 Å². The Kier molecular flexibility index (Phi) is 7.09. The van der Waals surface area contributed by atoms with Gasteiger partial charge in [0, 0.05) is 32.0 Å². The first kappa shape index (κ1) is 20.4. The lowest BCUT2D eigenvalue weighted by Gasteiger charge is -2.34. The van der Waals surface area contributed by atoms with Gasteiger partial charge in [-0.15, -0.1) is 0 Å². The molecule has 1 unspecified atom stereocenters. The zero-order valence-corrected chi connectivity index (χ0v) is 16.3. The average Bonchev–Trinajstić information content (AvgIpc) is 2.70. The molecule has 0 aliphatic carbocycles. The van der Waals surface area contributed by atoms with Crippen molar-refractivity contribution in [3.8, 4) is 0 Å². The highest BCUT2D eigenvalue weighted by Gasteiger charge is 2.24. The molecule has 1 aromatic carbocycles. The minimum absolute atomic E-state index is 0.147. The number of amides is 1. The van der Waals surface area contributed by atoms with Gasteiger partial charge < -0.3 is 4.90 Å². The maximum Gasteiger partial charge on any atom is 0.236 e. The number of carbonyl (C=O) groups excluding carboxylic acids is 1. The molecule has 1 atom stereocenters. The number of hydrogen-bond acceptors (Lipinski definition) is 3. The van der Waals surface area contributed by atoms with Crippen molar-refractivity contribution in [3.05, 3.63) is 65.5 Å². The molecule has 1 aromatic heterocycles. The monoisotopic (exact) mass is 387 g/mol.